The van der Waals surface area contributed by atoms with Gasteiger partial charge in [0, 0.05) is 4.90 Å². The zero-order valence-electron chi connectivity index (χ0n) is 15.0. The number of anilines is 1. The van der Waals surface area contributed by atoms with Gasteiger partial charge < -0.3 is 4.72 Å². The lowest BCUT2D eigenvalue weighted by molar-refractivity contribution is -1.03. The van der Waals surface area contributed by atoms with Crippen molar-refractivity contribution in [1.29, 1.82) is 0 Å². The summed E-state index contributed by atoms with van der Waals surface area (Å²) in [5, 5.41) is 19.5. The fraction of sp³-hybridized carbons (Fsp3) is 0.158. The SMILES string of the molecule is C/C=C\[NH+](C)O.Cc1ccc(SNc2cccc3c2[NH+](O)C=C3Cl)cc1. The first-order valence-electron chi connectivity index (χ1n) is 8.14. The van der Waals surface area contributed by atoms with Crippen LogP contribution >= 0.6 is 23.5 Å². The maximum absolute atomic E-state index is 9.97. The Morgan fingerprint density at radius 3 is 2.46 bits per heavy atom. The number of nitrogens with one attached hydrogen (secondary N) is 3. The molecule has 0 fully saturated rings. The third-order valence-corrected chi connectivity index (χ3v) is 4.69. The number of hydrogen-bond donors (Lipinski definition) is 5. The summed E-state index contributed by atoms with van der Waals surface area (Å²) in [5.41, 5.74) is 3.71. The average Bonchev–Trinajstić information content (AvgIpc) is 2.90. The van der Waals surface area contributed by atoms with Crippen LogP contribution in [-0.4, -0.2) is 17.5 Å². The highest BCUT2D eigenvalue weighted by atomic mass is 35.5. The van der Waals surface area contributed by atoms with E-state index in [0.29, 0.717) is 10.1 Å². The number of allylic oxidation sites excluding steroid dienone is 1. The second-order valence-corrected chi connectivity index (χ2v) is 7.05. The van der Waals surface area contributed by atoms with Gasteiger partial charge in [0.2, 0.25) is 5.69 Å². The highest BCUT2D eigenvalue weighted by molar-refractivity contribution is 8.00. The van der Waals surface area contributed by atoms with Gasteiger partial charge in [-0.15, -0.1) is 5.06 Å². The minimum absolute atomic E-state index is 0.206. The van der Waals surface area contributed by atoms with Crippen LogP contribution in [0.3, 0.4) is 0 Å². The second kappa shape index (κ2) is 9.78. The van der Waals surface area contributed by atoms with E-state index in [1.54, 1.807) is 25.5 Å². The number of hydrogen-bond acceptors (Lipinski definition) is 4. The van der Waals surface area contributed by atoms with Crippen molar-refractivity contribution in [2.45, 2.75) is 18.7 Å². The van der Waals surface area contributed by atoms with Crippen LogP contribution in [0.5, 0.6) is 0 Å². The lowest BCUT2D eigenvalue weighted by Crippen LogP contribution is -3.01. The van der Waals surface area contributed by atoms with Gasteiger partial charge in [-0.25, -0.2) is 10.4 Å². The molecule has 0 amide bonds. The number of para-hydroxylation sites is 1. The fourth-order valence-electron chi connectivity index (χ4n) is 2.34. The molecule has 26 heavy (non-hydrogen) atoms. The van der Waals surface area contributed by atoms with Crippen LogP contribution in [0.4, 0.5) is 11.4 Å². The molecular weight excluding hydrogens is 370 g/mol. The van der Waals surface area contributed by atoms with Crippen molar-refractivity contribution in [3.63, 3.8) is 0 Å². The van der Waals surface area contributed by atoms with E-state index in [4.69, 9.17) is 16.8 Å². The van der Waals surface area contributed by atoms with Crippen molar-refractivity contribution in [1.82, 2.24) is 0 Å². The largest absolute Gasteiger partial charge is 0.321 e. The Hall–Kier alpha value is -1.80. The molecule has 138 valence electrons. The van der Waals surface area contributed by atoms with Gasteiger partial charge in [0.25, 0.3) is 0 Å². The summed E-state index contributed by atoms with van der Waals surface area (Å²) < 4.78 is 3.28. The van der Waals surface area contributed by atoms with Crippen LogP contribution in [-0.2, 0) is 0 Å². The number of fused-ring (bicyclic) bond motifs is 1. The summed E-state index contributed by atoms with van der Waals surface area (Å²) in [7, 11) is 1.64. The van der Waals surface area contributed by atoms with Gasteiger partial charge in [0.1, 0.15) is 24.0 Å². The zero-order valence-corrected chi connectivity index (χ0v) is 16.5. The van der Waals surface area contributed by atoms with Gasteiger partial charge >= 0.3 is 0 Å². The molecule has 1 aliphatic rings. The van der Waals surface area contributed by atoms with E-state index in [1.807, 2.05) is 25.1 Å². The highest BCUT2D eigenvalue weighted by Crippen LogP contribution is 2.35. The van der Waals surface area contributed by atoms with Gasteiger partial charge in [-0.1, -0.05) is 35.4 Å². The minimum Gasteiger partial charge on any atom is -0.321 e. The number of halogens is 1. The number of rotatable bonds is 4. The van der Waals surface area contributed by atoms with Crippen molar-refractivity contribution in [3.05, 3.63) is 72.1 Å². The van der Waals surface area contributed by atoms with Gasteiger partial charge in [-0.05, 0) is 56.1 Å². The summed E-state index contributed by atoms with van der Waals surface area (Å²) in [4.78, 5) is 1.12. The van der Waals surface area contributed by atoms with Crippen LogP contribution in [0.25, 0.3) is 5.03 Å². The Morgan fingerprint density at radius 1 is 1.19 bits per heavy atom. The van der Waals surface area contributed by atoms with E-state index in [0.717, 1.165) is 21.8 Å². The summed E-state index contributed by atoms with van der Waals surface area (Å²) in [6.07, 6.45) is 5.00. The summed E-state index contributed by atoms with van der Waals surface area (Å²) >= 11 is 7.60. The Labute approximate surface area is 163 Å². The van der Waals surface area contributed by atoms with Crippen molar-refractivity contribution < 1.29 is 20.5 Å². The molecule has 0 saturated heterocycles. The highest BCUT2D eigenvalue weighted by Gasteiger charge is 2.27. The molecule has 2 aromatic carbocycles. The molecule has 2 atom stereocenters. The van der Waals surface area contributed by atoms with Crippen LogP contribution < -0.4 is 14.8 Å². The maximum Gasteiger partial charge on any atom is 0.201 e. The monoisotopic (exact) mass is 393 g/mol. The topological polar surface area (TPSA) is 61.4 Å². The molecule has 0 radical (unpaired) electrons. The van der Waals surface area contributed by atoms with E-state index in [-0.39, 0.29) is 5.06 Å². The predicted molar refractivity (Wildman–Crippen MR) is 107 cm³/mol. The lowest BCUT2D eigenvalue weighted by atomic mass is 10.2. The summed E-state index contributed by atoms with van der Waals surface area (Å²) in [5.74, 6) is 0. The first-order chi connectivity index (χ1) is 12.4. The van der Waals surface area contributed by atoms with E-state index in [1.165, 1.54) is 17.5 Å². The van der Waals surface area contributed by atoms with Crippen LogP contribution in [0.1, 0.15) is 18.1 Å². The van der Waals surface area contributed by atoms with Crippen molar-refractivity contribution >= 4 is 40.0 Å². The molecule has 2 aromatic rings. The third kappa shape index (κ3) is 5.60. The first kappa shape index (κ1) is 20.5. The Kier molecular flexibility index (Phi) is 7.71. The molecule has 0 aliphatic carbocycles. The van der Waals surface area contributed by atoms with Crippen LogP contribution in [0.15, 0.2) is 65.8 Å². The predicted octanol–water partition coefficient (Wildman–Crippen LogP) is 2.99. The number of benzene rings is 2. The van der Waals surface area contributed by atoms with Crippen molar-refractivity contribution in [3.8, 4) is 0 Å². The van der Waals surface area contributed by atoms with Gasteiger partial charge in [-0.3, -0.25) is 0 Å². The lowest BCUT2D eigenvalue weighted by Gasteiger charge is -2.10. The van der Waals surface area contributed by atoms with E-state index < -0.39 is 0 Å². The van der Waals surface area contributed by atoms with Crippen LogP contribution in [0.2, 0.25) is 0 Å². The molecule has 0 bridgehead atoms. The first-order valence-corrected chi connectivity index (χ1v) is 9.33. The maximum atomic E-state index is 9.97. The normalized spacial score (nSPS) is 16.5. The molecule has 0 spiro atoms. The molecule has 2 unspecified atom stereocenters. The quantitative estimate of drug-likeness (QED) is 0.409. The van der Waals surface area contributed by atoms with Crippen LogP contribution in [0, 0.1) is 6.92 Å². The van der Waals surface area contributed by atoms with Gasteiger partial charge in [0.05, 0.1) is 5.56 Å². The molecule has 0 aromatic heterocycles. The molecule has 1 aliphatic heterocycles. The molecule has 1 heterocycles. The average molecular weight is 394 g/mol. The Bertz CT molecular complexity index is 792. The summed E-state index contributed by atoms with van der Waals surface area (Å²) in [6.45, 7) is 3.92. The van der Waals surface area contributed by atoms with E-state index >= 15 is 0 Å². The molecule has 0 saturated carbocycles. The van der Waals surface area contributed by atoms with E-state index in [2.05, 4.69) is 35.9 Å². The zero-order chi connectivity index (χ0) is 19.1. The van der Waals surface area contributed by atoms with Gasteiger partial charge in [-0.2, -0.15) is 5.06 Å². The van der Waals surface area contributed by atoms with Gasteiger partial charge in [0.15, 0.2) is 6.20 Å². The Morgan fingerprint density at radius 2 is 1.88 bits per heavy atom. The molecule has 5 nitrogen and oxygen atoms in total. The fourth-order valence-corrected chi connectivity index (χ4v) is 3.27. The minimum atomic E-state index is 0.206. The molecular formula is C19H24ClN3O2S+2. The standard InChI is InChI=1S/C15H13ClN2OS.C4H9NO/c1-10-5-7-11(8-6-10)20-17-14-4-2-3-12-13(16)9-18(19)15(12)14;1-3-4-5(2)6/h2-9,17,19H,1H3;3-4,6H,1-2H3/p+2/b;4-3-. The molecule has 3 rings (SSSR count). The third-order valence-electron chi connectivity index (χ3n) is 3.55. The van der Waals surface area contributed by atoms with Crippen molar-refractivity contribution in [2.75, 3.05) is 11.8 Å². The molecule has 5 N–H and O–H groups in total. The Balaban J connectivity index is 0.000000352. The molecule has 7 heteroatoms. The number of aryl methyl sites for hydroxylation is 1. The number of hydroxylamine groups is 3. The van der Waals surface area contributed by atoms with Crippen molar-refractivity contribution in [2.24, 2.45) is 0 Å². The van der Waals surface area contributed by atoms with E-state index in [9.17, 15) is 5.21 Å². The number of quaternary nitrogens is 2. The smallest absolute Gasteiger partial charge is 0.201 e. The summed E-state index contributed by atoms with van der Waals surface area (Å²) in [6, 6.07) is 14.0. The second-order valence-electron chi connectivity index (χ2n) is 5.76.